The molecule has 0 aliphatic carbocycles. The van der Waals surface area contributed by atoms with Crippen molar-refractivity contribution in [2.24, 2.45) is 0 Å². The van der Waals surface area contributed by atoms with Crippen molar-refractivity contribution in [3.8, 4) is 17.3 Å². The fourth-order valence-corrected chi connectivity index (χ4v) is 2.05. The maximum absolute atomic E-state index is 5.82. The molecule has 0 spiro atoms. The highest BCUT2D eigenvalue weighted by Gasteiger charge is 2.11. The van der Waals surface area contributed by atoms with Crippen LogP contribution in [0, 0.1) is 0 Å². The summed E-state index contributed by atoms with van der Waals surface area (Å²) in [6, 6.07) is 7.76. The van der Waals surface area contributed by atoms with Crippen LogP contribution in [0.15, 0.2) is 41.1 Å². The predicted octanol–water partition coefficient (Wildman–Crippen LogP) is 3.75. The second-order valence-electron chi connectivity index (χ2n) is 4.05. The van der Waals surface area contributed by atoms with Crippen molar-refractivity contribution in [2.45, 2.75) is 13.5 Å². The predicted molar refractivity (Wildman–Crippen MR) is 76.9 cm³/mol. The van der Waals surface area contributed by atoms with Gasteiger partial charge in [-0.2, -0.15) is 0 Å². The summed E-state index contributed by atoms with van der Waals surface area (Å²) in [4.78, 5) is 4.33. The number of ether oxygens (including phenoxy) is 1. The standard InChI is InChI=1S/C14H14N2O2.ClH/c1-3-16-7-6-15-14(16)13-9-10-8-11(17-2)4-5-12(10)18-13;/h4-9H,3H2,1-2H3;1H. The van der Waals surface area contributed by atoms with Gasteiger partial charge in [-0.05, 0) is 31.2 Å². The summed E-state index contributed by atoms with van der Waals surface area (Å²) in [5, 5.41) is 1.02. The first-order valence-corrected chi connectivity index (χ1v) is 5.91. The van der Waals surface area contributed by atoms with E-state index in [1.165, 1.54) is 0 Å². The van der Waals surface area contributed by atoms with Crippen LogP contribution in [0.25, 0.3) is 22.6 Å². The molecule has 0 bridgehead atoms. The molecule has 0 N–H and O–H groups in total. The van der Waals surface area contributed by atoms with Gasteiger partial charge in [-0.3, -0.25) is 0 Å². The SMILES string of the molecule is CCn1ccnc1-c1cc2cc(OC)ccc2o1.Cl. The fourth-order valence-electron chi connectivity index (χ4n) is 2.05. The van der Waals surface area contributed by atoms with Gasteiger partial charge in [-0.25, -0.2) is 4.98 Å². The summed E-state index contributed by atoms with van der Waals surface area (Å²) < 4.78 is 13.1. The van der Waals surface area contributed by atoms with E-state index in [9.17, 15) is 0 Å². The average Bonchev–Trinajstić information content (AvgIpc) is 3.03. The molecule has 0 unspecified atom stereocenters. The Balaban J connectivity index is 0.00000133. The van der Waals surface area contributed by atoms with Crippen molar-refractivity contribution in [3.05, 3.63) is 36.7 Å². The molecule has 0 amide bonds. The van der Waals surface area contributed by atoms with E-state index in [0.717, 1.165) is 34.8 Å². The Morgan fingerprint density at radius 2 is 2.16 bits per heavy atom. The lowest BCUT2D eigenvalue weighted by Gasteiger charge is -1.99. The van der Waals surface area contributed by atoms with Crippen molar-refractivity contribution in [2.75, 3.05) is 7.11 Å². The minimum atomic E-state index is 0. The molecule has 0 fully saturated rings. The molecule has 0 aliphatic heterocycles. The molecule has 0 radical (unpaired) electrons. The molecule has 0 atom stereocenters. The first-order chi connectivity index (χ1) is 8.81. The van der Waals surface area contributed by atoms with Gasteiger partial charge in [0, 0.05) is 24.3 Å². The minimum absolute atomic E-state index is 0. The maximum atomic E-state index is 5.82. The highest BCUT2D eigenvalue weighted by molar-refractivity contribution is 5.85. The smallest absolute Gasteiger partial charge is 0.176 e. The number of hydrogen-bond acceptors (Lipinski definition) is 3. The molecular weight excluding hydrogens is 264 g/mol. The number of imidazole rings is 1. The number of methoxy groups -OCH3 is 1. The third-order valence-electron chi connectivity index (χ3n) is 3.00. The van der Waals surface area contributed by atoms with Gasteiger partial charge in [-0.15, -0.1) is 12.4 Å². The van der Waals surface area contributed by atoms with Gasteiger partial charge in [-0.1, -0.05) is 0 Å². The van der Waals surface area contributed by atoms with Gasteiger partial charge in [0.15, 0.2) is 11.6 Å². The zero-order valence-corrected chi connectivity index (χ0v) is 11.6. The van der Waals surface area contributed by atoms with Gasteiger partial charge < -0.3 is 13.7 Å². The second-order valence-corrected chi connectivity index (χ2v) is 4.05. The van der Waals surface area contributed by atoms with Crippen molar-refractivity contribution >= 4 is 23.4 Å². The van der Waals surface area contributed by atoms with Crippen molar-refractivity contribution in [1.29, 1.82) is 0 Å². The number of furan rings is 1. The molecule has 0 aliphatic rings. The number of halogens is 1. The molecule has 3 rings (SSSR count). The normalized spacial score (nSPS) is 10.4. The van der Waals surface area contributed by atoms with Crippen LogP contribution in [0.3, 0.4) is 0 Å². The number of aromatic nitrogens is 2. The number of aryl methyl sites for hydroxylation is 1. The first-order valence-electron chi connectivity index (χ1n) is 5.91. The quantitative estimate of drug-likeness (QED) is 0.733. The lowest BCUT2D eigenvalue weighted by atomic mass is 10.2. The van der Waals surface area contributed by atoms with Crippen LogP contribution in [-0.4, -0.2) is 16.7 Å². The molecule has 4 nitrogen and oxygen atoms in total. The van der Waals surface area contributed by atoms with Gasteiger partial charge >= 0.3 is 0 Å². The molecular formula is C14H15ClN2O2. The van der Waals surface area contributed by atoms with E-state index in [2.05, 4.69) is 16.5 Å². The van der Waals surface area contributed by atoms with Gasteiger partial charge in [0.25, 0.3) is 0 Å². The molecule has 5 heteroatoms. The summed E-state index contributed by atoms with van der Waals surface area (Å²) in [5.41, 5.74) is 0.844. The van der Waals surface area contributed by atoms with E-state index < -0.39 is 0 Å². The number of fused-ring (bicyclic) bond motifs is 1. The summed E-state index contributed by atoms with van der Waals surface area (Å²) in [6.45, 7) is 2.95. The Morgan fingerprint density at radius 3 is 2.89 bits per heavy atom. The van der Waals surface area contributed by atoms with Crippen LogP contribution in [0.1, 0.15) is 6.92 Å². The monoisotopic (exact) mass is 278 g/mol. The third kappa shape index (κ3) is 2.31. The summed E-state index contributed by atoms with van der Waals surface area (Å²) in [5.74, 6) is 2.46. The summed E-state index contributed by atoms with van der Waals surface area (Å²) in [7, 11) is 1.66. The molecule has 1 aromatic carbocycles. The molecule has 100 valence electrons. The molecule has 19 heavy (non-hydrogen) atoms. The lowest BCUT2D eigenvalue weighted by Crippen LogP contribution is -1.94. The average molecular weight is 279 g/mol. The van der Waals surface area contributed by atoms with Gasteiger partial charge in [0.05, 0.1) is 7.11 Å². The Hall–Kier alpha value is -1.94. The largest absolute Gasteiger partial charge is 0.497 e. The maximum Gasteiger partial charge on any atom is 0.176 e. The topological polar surface area (TPSA) is 40.2 Å². The zero-order valence-electron chi connectivity index (χ0n) is 10.8. The Bertz CT molecular complexity index is 688. The van der Waals surface area contributed by atoms with Crippen molar-refractivity contribution < 1.29 is 9.15 Å². The number of benzene rings is 1. The van der Waals surface area contributed by atoms with E-state index in [1.54, 1.807) is 13.3 Å². The Labute approximate surface area is 117 Å². The molecule has 2 heterocycles. The van der Waals surface area contributed by atoms with Crippen LogP contribution in [0.2, 0.25) is 0 Å². The zero-order chi connectivity index (χ0) is 12.5. The molecule has 0 saturated carbocycles. The van der Waals surface area contributed by atoms with E-state index in [-0.39, 0.29) is 12.4 Å². The highest BCUT2D eigenvalue weighted by Crippen LogP contribution is 2.29. The Kier molecular flexibility index (Phi) is 3.81. The van der Waals surface area contributed by atoms with E-state index in [1.807, 2.05) is 30.5 Å². The van der Waals surface area contributed by atoms with Crippen LogP contribution < -0.4 is 4.74 Å². The highest BCUT2D eigenvalue weighted by atomic mass is 35.5. The van der Waals surface area contributed by atoms with Crippen LogP contribution >= 0.6 is 12.4 Å². The van der Waals surface area contributed by atoms with Crippen LogP contribution in [0.4, 0.5) is 0 Å². The van der Waals surface area contributed by atoms with E-state index in [0.29, 0.717) is 0 Å². The van der Waals surface area contributed by atoms with E-state index in [4.69, 9.17) is 9.15 Å². The Morgan fingerprint density at radius 1 is 1.32 bits per heavy atom. The third-order valence-corrected chi connectivity index (χ3v) is 3.00. The first kappa shape index (κ1) is 13.5. The van der Waals surface area contributed by atoms with Crippen molar-refractivity contribution in [1.82, 2.24) is 9.55 Å². The molecule has 0 saturated heterocycles. The van der Waals surface area contributed by atoms with Crippen molar-refractivity contribution in [3.63, 3.8) is 0 Å². The van der Waals surface area contributed by atoms with E-state index >= 15 is 0 Å². The van der Waals surface area contributed by atoms with Crippen LogP contribution in [0.5, 0.6) is 5.75 Å². The number of hydrogen-bond donors (Lipinski definition) is 0. The summed E-state index contributed by atoms with van der Waals surface area (Å²) in [6.07, 6.45) is 3.73. The van der Waals surface area contributed by atoms with Gasteiger partial charge in [0.2, 0.25) is 0 Å². The van der Waals surface area contributed by atoms with Gasteiger partial charge in [0.1, 0.15) is 11.3 Å². The number of nitrogens with zero attached hydrogens (tertiary/aromatic N) is 2. The fraction of sp³-hybridized carbons (Fsp3) is 0.214. The number of rotatable bonds is 3. The van der Waals surface area contributed by atoms with Crippen LogP contribution in [-0.2, 0) is 6.54 Å². The second kappa shape index (κ2) is 5.36. The minimum Gasteiger partial charge on any atom is -0.497 e. The lowest BCUT2D eigenvalue weighted by molar-refractivity contribution is 0.415. The molecule has 3 aromatic rings. The molecule has 2 aromatic heterocycles. The summed E-state index contributed by atoms with van der Waals surface area (Å²) >= 11 is 0.